The molecule has 0 spiro atoms. The van der Waals surface area contributed by atoms with Gasteiger partial charge in [-0.15, -0.1) is 5.10 Å². The number of nitrogens with zero attached hydrogens (tertiary/aromatic N) is 2. The van der Waals surface area contributed by atoms with Crippen molar-refractivity contribution in [3.8, 4) is 11.4 Å². The second-order valence-corrected chi connectivity index (χ2v) is 7.90. The first-order valence-corrected chi connectivity index (χ1v) is 11.2. The minimum Gasteiger partial charge on any atom is -0.450 e. The highest BCUT2D eigenvalue weighted by Crippen LogP contribution is 2.27. The number of H-pyrrole nitrogens is 1. The van der Waals surface area contributed by atoms with Gasteiger partial charge >= 0.3 is 11.7 Å². The van der Waals surface area contributed by atoms with Crippen molar-refractivity contribution in [3.63, 3.8) is 0 Å². The quantitative estimate of drug-likeness (QED) is 0.301. The lowest BCUT2D eigenvalue weighted by Crippen LogP contribution is -2.13. The van der Waals surface area contributed by atoms with Crippen molar-refractivity contribution in [1.29, 1.82) is 0 Å². The van der Waals surface area contributed by atoms with Crippen LogP contribution in [0.1, 0.15) is 25.0 Å². The smallest absolute Gasteiger partial charge is 0.411 e. The van der Waals surface area contributed by atoms with Crippen molar-refractivity contribution >= 4 is 34.5 Å². The van der Waals surface area contributed by atoms with Crippen molar-refractivity contribution in [3.05, 3.63) is 70.1 Å². The lowest BCUT2D eigenvalue weighted by atomic mass is 10.1. The fourth-order valence-corrected chi connectivity index (χ4v) is 3.98. The average molecular weight is 451 g/mol. The molecule has 0 radical (unpaired) electrons. The summed E-state index contributed by atoms with van der Waals surface area (Å²) in [7, 11) is 0. The summed E-state index contributed by atoms with van der Waals surface area (Å²) in [4.78, 5) is 28.3. The number of carbonyl (C=O) groups excluding carboxylic acids is 1. The summed E-state index contributed by atoms with van der Waals surface area (Å²) in [6.45, 7) is 4.11. The fraction of sp³-hybridized carbons (Fsp3) is 0.217. The largest absolute Gasteiger partial charge is 0.450 e. The SMILES string of the molecule is CCOC(=O)Nc1ccc2c(CSc3n[nH]c(-c4ccc(CC)cc4)n3)cc(=O)oc2c1. The van der Waals surface area contributed by atoms with Crippen LogP contribution in [-0.4, -0.2) is 27.9 Å². The fourth-order valence-electron chi connectivity index (χ4n) is 3.19. The number of carbonyl (C=O) groups is 1. The van der Waals surface area contributed by atoms with E-state index in [1.165, 1.54) is 23.4 Å². The van der Waals surface area contributed by atoms with Gasteiger partial charge in [-0.25, -0.2) is 14.6 Å². The maximum atomic E-state index is 12.1. The van der Waals surface area contributed by atoms with E-state index in [0.717, 1.165) is 22.9 Å². The molecule has 1 amide bonds. The molecule has 2 aromatic heterocycles. The van der Waals surface area contributed by atoms with E-state index in [0.29, 0.717) is 28.0 Å². The molecule has 0 unspecified atom stereocenters. The number of thioether (sulfide) groups is 1. The molecule has 4 rings (SSSR count). The lowest BCUT2D eigenvalue weighted by molar-refractivity contribution is 0.168. The molecular formula is C23H22N4O4S. The number of amides is 1. The molecule has 9 heteroatoms. The van der Waals surface area contributed by atoms with E-state index in [4.69, 9.17) is 9.15 Å². The lowest BCUT2D eigenvalue weighted by Gasteiger charge is -2.08. The summed E-state index contributed by atoms with van der Waals surface area (Å²) in [5.74, 6) is 1.18. The van der Waals surface area contributed by atoms with Crippen LogP contribution in [0, 0.1) is 0 Å². The Kier molecular flexibility index (Phi) is 6.55. The van der Waals surface area contributed by atoms with Crippen LogP contribution in [0.4, 0.5) is 10.5 Å². The monoisotopic (exact) mass is 450 g/mol. The van der Waals surface area contributed by atoms with Gasteiger partial charge in [0, 0.05) is 34.5 Å². The van der Waals surface area contributed by atoms with E-state index < -0.39 is 11.7 Å². The van der Waals surface area contributed by atoms with Gasteiger partial charge in [0.2, 0.25) is 5.16 Å². The van der Waals surface area contributed by atoms with Crippen LogP contribution in [0.15, 0.2) is 62.9 Å². The van der Waals surface area contributed by atoms with E-state index in [1.807, 2.05) is 12.1 Å². The molecule has 0 saturated heterocycles. The van der Waals surface area contributed by atoms with Gasteiger partial charge in [-0.2, -0.15) is 0 Å². The zero-order valence-electron chi connectivity index (χ0n) is 17.7. The van der Waals surface area contributed by atoms with Gasteiger partial charge in [0.05, 0.1) is 6.61 Å². The molecule has 2 heterocycles. The molecule has 2 aromatic carbocycles. The number of aromatic amines is 1. The normalized spacial score (nSPS) is 10.9. The maximum absolute atomic E-state index is 12.1. The van der Waals surface area contributed by atoms with E-state index in [-0.39, 0.29) is 6.61 Å². The van der Waals surface area contributed by atoms with E-state index in [9.17, 15) is 9.59 Å². The maximum Gasteiger partial charge on any atom is 0.411 e. The third kappa shape index (κ3) is 5.00. The summed E-state index contributed by atoms with van der Waals surface area (Å²) in [6.07, 6.45) is 0.419. The third-order valence-corrected chi connectivity index (χ3v) is 5.71. The molecule has 4 aromatic rings. The van der Waals surface area contributed by atoms with Crippen LogP contribution in [0.3, 0.4) is 0 Å². The average Bonchev–Trinajstić information content (AvgIpc) is 3.26. The Labute approximate surface area is 188 Å². The summed E-state index contributed by atoms with van der Waals surface area (Å²) in [5, 5.41) is 11.2. The number of ether oxygens (including phenoxy) is 1. The van der Waals surface area contributed by atoms with E-state index >= 15 is 0 Å². The third-order valence-electron chi connectivity index (χ3n) is 4.81. The van der Waals surface area contributed by atoms with Crippen LogP contribution in [0.25, 0.3) is 22.4 Å². The topological polar surface area (TPSA) is 110 Å². The number of benzene rings is 2. The van der Waals surface area contributed by atoms with E-state index in [2.05, 4.69) is 39.6 Å². The minimum atomic E-state index is -0.564. The van der Waals surface area contributed by atoms with Gasteiger partial charge in [-0.05, 0) is 36.6 Å². The molecule has 0 bridgehead atoms. The Morgan fingerprint density at radius 1 is 1.16 bits per heavy atom. The highest BCUT2D eigenvalue weighted by molar-refractivity contribution is 7.98. The van der Waals surface area contributed by atoms with Crippen LogP contribution in [0.5, 0.6) is 0 Å². The van der Waals surface area contributed by atoms with Crippen molar-refractivity contribution < 1.29 is 13.9 Å². The first-order valence-electron chi connectivity index (χ1n) is 10.2. The first kappa shape index (κ1) is 21.6. The number of anilines is 1. The molecule has 0 saturated carbocycles. The molecule has 32 heavy (non-hydrogen) atoms. The number of aryl methyl sites for hydroxylation is 1. The summed E-state index contributed by atoms with van der Waals surface area (Å²) < 4.78 is 10.2. The molecule has 2 N–H and O–H groups in total. The predicted octanol–water partition coefficient (Wildman–Crippen LogP) is 5.00. The van der Waals surface area contributed by atoms with Crippen molar-refractivity contribution in [2.24, 2.45) is 0 Å². The molecular weight excluding hydrogens is 428 g/mol. The van der Waals surface area contributed by atoms with Gasteiger partial charge in [0.25, 0.3) is 0 Å². The molecule has 0 aliphatic rings. The summed E-state index contributed by atoms with van der Waals surface area (Å²) >= 11 is 1.42. The Morgan fingerprint density at radius 2 is 1.97 bits per heavy atom. The van der Waals surface area contributed by atoms with Gasteiger partial charge < -0.3 is 9.15 Å². The Bertz CT molecular complexity index is 1300. The Balaban J connectivity index is 1.51. The first-order chi connectivity index (χ1) is 15.6. The number of fused-ring (bicyclic) bond motifs is 1. The highest BCUT2D eigenvalue weighted by Gasteiger charge is 2.11. The van der Waals surface area contributed by atoms with Crippen molar-refractivity contribution in [2.45, 2.75) is 31.2 Å². The second kappa shape index (κ2) is 9.69. The Hall–Kier alpha value is -3.59. The molecule has 0 aliphatic carbocycles. The number of rotatable bonds is 7. The number of hydrogen-bond acceptors (Lipinski definition) is 7. The van der Waals surface area contributed by atoms with Gasteiger partial charge in [-0.3, -0.25) is 10.4 Å². The predicted molar refractivity (Wildman–Crippen MR) is 124 cm³/mol. The standard InChI is InChI=1S/C23H22N4O4S/c1-3-14-5-7-15(8-6-14)21-25-22(27-26-21)32-13-16-11-20(28)31-19-12-17(9-10-18(16)19)24-23(29)30-4-2/h5-12H,3-4,13H2,1-2H3,(H,24,29)(H,25,26,27). The molecule has 0 aliphatic heterocycles. The molecule has 8 nitrogen and oxygen atoms in total. The number of nitrogens with one attached hydrogen (secondary N) is 2. The van der Waals surface area contributed by atoms with Crippen LogP contribution in [-0.2, 0) is 16.9 Å². The highest BCUT2D eigenvalue weighted by atomic mass is 32.2. The van der Waals surface area contributed by atoms with Gasteiger partial charge in [0.15, 0.2) is 5.82 Å². The van der Waals surface area contributed by atoms with Crippen LogP contribution in [0.2, 0.25) is 0 Å². The second-order valence-electron chi connectivity index (χ2n) is 6.95. The van der Waals surface area contributed by atoms with Gasteiger partial charge in [0.1, 0.15) is 5.58 Å². The Morgan fingerprint density at radius 3 is 2.72 bits per heavy atom. The zero-order chi connectivity index (χ0) is 22.5. The van der Waals surface area contributed by atoms with Crippen LogP contribution >= 0.6 is 11.8 Å². The van der Waals surface area contributed by atoms with Crippen molar-refractivity contribution in [1.82, 2.24) is 15.2 Å². The number of hydrogen-bond donors (Lipinski definition) is 2. The summed E-state index contributed by atoms with van der Waals surface area (Å²) in [5.41, 5.74) is 3.42. The molecule has 164 valence electrons. The zero-order valence-corrected chi connectivity index (χ0v) is 18.5. The van der Waals surface area contributed by atoms with Crippen molar-refractivity contribution in [2.75, 3.05) is 11.9 Å². The van der Waals surface area contributed by atoms with Gasteiger partial charge in [-0.1, -0.05) is 43.0 Å². The summed E-state index contributed by atoms with van der Waals surface area (Å²) in [6, 6.07) is 14.8. The number of aromatic nitrogens is 3. The molecule has 0 fully saturated rings. The van der Waals surface area contributed by atoms with Crippen LogP contribution < -0.4 is 10.9 Å². The minimum absolute atomic E-state index is 0.267. The van der Waals surface area contributed by atoms with E-state index in [1.54, 1.807) is 25.1 Å². The molecule has 0 atom stereocenters.